The molecule has 0 amide bonds. The van der Waals surface area contributed by atoms with E-state index in [1.54, 1.807) is 0 Å². The highest BCUT2D eigenvalue weighted by Gasteiger charge is 2.68. The predicted octanol–water partition coefficient (Wildman–Crippen LogP) is 6.39. The molecule has 33 heavy (non-hydrogen) atoms. The van der Waals surface area contributed by atoms with Crippen LogP contribution in [0.4, 0.5) is 23.0 Å². The van der Waals surface area contributed by atoms with Crippen LogP contribution >= 0.6 is 23.2 Å². The van der Waals surface area contributed by atoms with E-state index in [0.717, 1.165) is 22.6 Å². The van der Waals surface area contributed by atoms with Crippen LogP contribution in [0.2, 0.25) is 10.0 Å². The van der Waals surface area contributed by atoms with Crippen LogP contribution < -0.4 is 4.31 Å². The zero-order valence-corrected chi connectivity index (χ0v) is 19.9. The first kappa shape index (κ1) is 25.3. The molecule has 1 aliphatic heterocycles. The Bertz CT molecular complexity index is 1120. The fourth-order valence-corrected chi connectivity index (χ4v) is 5.94. The van der Waals surface area contributed by atoms with E-state index in [1.165, 1.54) is 0 Å². The van der Waals surface area contributed by atoms with Crippen molar-refractivity contribution in [3.05, 3.63) is 100 Å². The van der Waals surface area contributed by atoms with E-state index in [-0.39, 0.29) is 0 Å². The molecule has 174 valence electrons. The standard InChI is InChI=1S/C22H19Cl2N2OS.BF4/c1-25(2)21-22(16-8-12-18(23)13-9-16,17-10-14-19(24)15-11-17)28(27)26(21)20-6-4-3-5-7-20;2-1(3,4)5/h3-15H,1-2H3;/q+1;-1. The Kier molecular flexibility index (Phi) is 7.56. The lowest BCUT2D eigenvalue weighted by Crippen LogP contribution is -2.68. The van der Waals surface area contributed by atoms with Gasteiger partial charge in [0.15, 0.2) is 0 Å². The van der Waals surface area contributed by atoms with Gasteiger partial charge in [0.2, 0.25) is 15.7 Å². The molecule has 0 aliphatic carbocycles. The van der Waals surface area contributed by atoms with E-state index >= 15 is 0 Å². The molecule has 3 aromatic carbocycles. The van der Waals surface area contributed by atoms with Gasteiger partial charge in [-0.15, -0.1) is 4.31 Å². The van der Waals surface area contributed by atoms with Crippen molar-refractivity contribution in [1.29, 1.82) is 0 Å². The maximum Gasteiger partial charge on any atom is 0.673 e. The molecule has 3 nitrogen and oxygen atoms in total. The Morgan fingerprint density at radius 1 is 0.788 bits per heavy atom. The van der Waals surface area contributed by atoms with Crippen LogP contribution in [-0.4, -0.2) is 36.0 Å². The van der Waals surface area contributed by atoms with Crippen LogP contribution in [0.15, 0.2) is 78.9 Å². The minimum Gasteiger partial charge on any atom is -0.418 e. The van der Waals surface area contributed by atoms with Crippen molar-refractivity contribution in [1.82, 2.24) is 0 Å². The minimum absolute atomic E-state index is 0.645. The van der Waals surface area contributed by atoms with Crippen LogP contribution in [-0.2, 0) is 15.7 Å². The summed E-state index contributed by atoms with van der Waals surface area (Å²) in [5.74, 6) is 0.932. The molecule has 1 fully saturated rings. The zero-order valence-electron chi connectivity index (χ0n) is 17.6. The van der Waals surface area contributed by atoms with E-state index in [1.807, 2.05) is 102 Å². The average molecular weight is 517 g/mol. The SMILES string of the molecule is C[N+](C)=C1N(c2ccccc2)S(=O)C1(c1ccc(Cl)cc1)c1ccc(Cl)cc1.F[B-](F)(F)F. The molecule has 0 spiro atoms. The van der Waals surface area contributed by atoms with Crippen molar-refractivity contribution >= 4 is 53.0 Å². The summed E-state index contributed by atoms with van der Waals surface area (Å²) in [7, 11) is -3.43. The van der Waals surface area contributed by atoms with E-state index in [2.05, 4.69) is 0 Å². The molecule has 1 saturated heterocycles. The van der Waals surface area contributed by atoms with Crippen molar-refractivity contribution in [2.24, 2.45) is 0 Å². The summed E-state index contributed by atoms with van der Waals surface area (Å²) in [6.45, 7) is 0. The molecular formula is C22H19BCl2F4N2OS. The van der Waals surface area contributed by atoms with Gasteiger partial charge in [-0.05, 0) is 47.5 Å². The summed E-state index contributed by atoms with van der Waals surface area (Å²) in [6, 6.07) is 24.9. The van der Waals surface area contributed by atoms with Gasteiger partial charge in [0, 0.05) is 10.0 Å². The molecule has 11 heteroatoms. The van der Waals surface area contributed by atoms with Crippen molar-refractivity contribution in [3.8, 4) is 0 Å². The smallest absolute Gasteiger partial charge is 0.418 e. The summed E-state index contributed by atoms with van der Waals surface area (Å²) < 4.78 is 56.0. The second-order valence-electron chi connectivity index (χ2n) is 7.29. The average Bonchev–Trinajstić information content (AvgIpc) is 2.74. The van der Waals surface area contributed by atoms with E-state index in [0.29, 0.717) is 10.0 Å². The maximum absolute atomic E-state index is 13.9. The van der Waals surface area contributed by atoms with Crippen LogP contribution in [0.3, 0.4) is 0 Å². The summed E-state index contributed by atoms with van der Waals surface area (Å²) >= 11 is 12.3. The lowest BCUT2D eigenvalue weighted by Gasteiger charge is -2.44. The number of anilines is 1. The third-order valence-electron chi connectivity index (χ3n) is 4.85. The van der Waals surface area contributed by atoms with Gasteiger partial charge in [0.05, 0.1) is 14.1 Å². The fraction of sp³-hybridized carbons (Fsp3) is 0.136. The molecule has 0 N–H and O–H groups in total. The van der Waals surface area contributed by atoms with E-state index < -0.39 is 23.0 Å². The molecule has 1 heterocycles. The van der Waals surface area contributed by atoms with Gasteiger partial charge in [0.25, 0.3) is 5.84 Å². The zero-order chi connectivity index (χ0) is 24.4. The van der Waals surface area contributed by atoms with Gasteiger partial charge in [-0.3, -0.25) is 4.58 Å². The first-order valence-electron chi connectivity index (χ1n) is 9.67. The van der Waals surface area contributed by atoms with Gasteiger partial charge >= 0.3 is 7.25 Å². The quantitative estimate of drug-likeness (QED) is 0.225. The second kappa shape index (κ2) is 9.87. The Morgan fingerprint density at radius 3 is 1.55 bits per heavy atom. The highest BCUT2D eigenvalue weighted by molar-refractivity contribution is 7.92. The van der Waals surface area contributed by atoms with Crippen molar-refractivity contribution < 1.29 is 26.0 Å². The first-order chi connectivity index (χ1) is 15.5. The minimum atomic E-state index is -6.00. The van der Waals surface area contributed by atoms with Gasteiger partial charge in [0.1, 0.15) is 5.69 Å². The molecule has 1 unspecified atom stereocenters. The van der Waals surface area contributed by atoms with Crippen molar-refractivity contribution in [3.63, 3.8) is 0 Å². The summed E-state index contributed by atoms with van der Waals surface area (Å²) in [4.78, 5) is 0. The van der Waals surface area contributed by atoms with Crippen LogP contribution in [0, 0.1) is 0 Å². The number of para-hydroxylation sites is 1. The second-order valence-corrected chi connectivity index (χ2v) is 9.64. The number of halogens is 6. The van der Waals surface area contributed by atoms with Gasteiger partial charge in [-0.1, -0.05) is 65.7 Å². The molecule has 3 aromatic rings. The van der Waals surface area contributed by atoms with Gasteiger partial charge in [-0.2, -0.15) is 0 Å². The Morgan fingerprint density at radius 2 is 1.18 bits per heavy atom. The highest BCUT2D eigenvalue weighted by Crippen LogP contribution is 2.49. The van der Waals surface area contributed by atoms with Crippen molar-refractivity contribution in [2.75, 3.05) is 18.4 Å². The number of benzene rings is 3. The molecule has 0 bridgehead atoms. The Hall–Kier alpha value is -2.36. The maximum atomic E-state index is 13.9. The molecule has 1 atom stereocenters. The van der Waals surface area contributed by atoms with Gasteiger partial charge in [-0.25, -0.2) is 4.21 Å². The fourth-order valence-electron chi connectivity index (χ4n) is 3.67. The van der Waals surface area contributed by atoms with E-state index in [4.69, 9.17) is 23.2 Å². The number of hydrogen-bond acceptors (Lipinski definition) is 1. The Labute approximate surface area is 202 Å². The molecule has 0 radical (unpaired) electrons. The topological polar surface area (TPSA) is 23.3 Å². The van der Waals surface area contributed by atoms with E-state index in [9.17, 15) is 21.5 Å². The van der Waals surface area contributed by atoms with Crippen LogP contribution in [0.5, 0.6) is 0 Å². The predicted molar refractivity (Wildman–Crippen MR) is 128 cm³/mol. The highest BCUT2D eigenvalue weighted by atomic mass is 35.5. The van der Waals surface area contributed by atoms with Crippen LogP contribution in [0.1, 0.15) is 11.1 Å². The lowest BCUT2D eigenvalue weighted by atomic mass is 9.87. The van der Waals surface area contributed by atoms with Crippen LogP contribution in [0.25, 0.3) is 0 Å². The molecule has 0 aromatic heterocycles. The summed E-state index contributed by atoms with van der Waals surface area (Å²) in [6.07, 6.45) is 0. The third-order valence-corrected chi connectivity index (χ3v) is 7.25. The largest absolute Gasteiger partial charge is 0.673 e. The number of hydrogen-bond donors (Lipinski definition) is 0. The molecular weight excluding hydrogens is 498 g/mol. The molecule has 0 saturated carbocycles. The monoisotopic (exact) mass is 516 g/mol. The number of nitrogens with zero attached hydrogens (tertiary/aromatic N) is 2. The first-order valence-corrected chi connectivity index (χ1v) is 11.5. The van der Waals surface area contributed by atoms with Crippen molar-refractivity contribution in [2.45, 2.75) is 4.75 Å². The number of rotatable bonds is 3. The molecule has 4 rings (SSSR count). The molecule has 1 aliphatic rings. The third kappa shape index (κ3) is 5.26. The number of amidine groups is 1. The summed E-state index contributed by atoms with van der Waals surface area (Å²) in [5.41, 5.74) is 2.74. The Balaban J connectivity index is 0.000000555. The van der Waals surface area contributed by atoms with Gasteiger partial charge < -0.3 is 17.3 Å². The summed E-state index contributed by atoms with van der Waals surface area (Å²) in [5, 5.41) is 1.29. The lowest BCUT2D eigenvalue weighted by molar-refractivity contribution is -0.467. The normalized spacial score (nSPS) is 17.0.